The molecule has 1 heterocycles. The second kappa shape index (κ2) is 64.5. The molecule has 0 fully saturated rings. The quantitative estimate of drug-likeness (QED) is 0.0273. The van der Waals surface area contributed by atoms with Crippen molar-refractivity contribution in [1.29, 1.82) is 0 Å². The second-order valence-corrected chi connectivity index (χ2v) is 25.7. The Hall–Kier alpha value is -1.99. The first-order valence-electron chi connectivity index (χ1n) is 37.2. The van der Waals surface area contributed by atoms with E-state index in [4.69, 9.17) is 0 Å². The van der Waals surface area contributed by atoms with Crippen LogP contribution < -0.4 is 0 Å². The topological polar surface area (TPSA) is 25.3 Å². The van der Waals surface area contributed by atoms with Crippen molar-refractivity contribution in [2.75, 3.05) is 0 Å². The first-order chi connectivity index (χ1) is 40.5. The van der Waals surface area contributed by atoms with E-state index in [2.05, 4.69) is 103 Å². The maximum absolute atomic E-state index is 11.3. The molecule has 0 atom stereocenters. The third kappa shape index (κ3) is 48.7. The average molecular weight is 1190 g/mol. The van der Waals surface area contributed by atoms with Crippen LogP contribution in [-0.4, -0.2) is 4.70 Å². The van der Waals surface area contributed by atoms with Crippen molar-refractivity contribution in [2.45, 2.75) is 401 Å². The first-order valence-corrected chi connectivity index (χ1v) is 37.2. The largest absolute Gasteiger partial charge is 2.00 e. The molecule has 482 valence electrons. The Morgan fingerprint density at radius 3 is 0.819 bits per heavy atom. The van der Waals surface area contributed by atoms with Crippen LogP contribution in [-0.2, 0) is 29.3 Å². The molecule has 0 N–H and O–H groups in total. The summed E-state index contributed by atoms with van der Waals surface area (Å²) in [5.74, 6) is 0. The van der Waals surface area contributed by atoms with Crippen molar-refractivity contribution in [3.8, 4) is 0 Å². The van der Waals surface area contributed by atoms with Gasteiger partial charge in [-0.1, -0.05) is 374 Å². The summed E-state index contributed by atoms with van der Waals surface area (Å²) in [6.45, 7) is 19.1. The SMILES string of the molecule is CCCCC1=C(c2cccc(CCCC)c2)[N+](=[N-])C(c2cccc(CCCC)c2)=C1.[CH2-]CCCCCCCCCCCCCCCCCCCCCCCCC.[CH2-]CCCCCCCCCCCCCCCCCCCCCCCCC.[Ni+2]. The molecule has 0 aliphatic carbocycles. The number of hydrogen-bond donors (Lipinski definition) is 0. The fraction of sp³-hybridized carbons (Fsp3) is 0.775. The fourth-order valence-corrected chi connectivity index (χ4v) is 12.1. The normalized spacial score (nSPS) is 12.1. The number of unbranched alkanes of at least 4 members (excludes halogenated alkanes) is 49. The van der Waals surface area contributed by atoms with Gasteiger partial charge in [0.05, 0.1) is 0 Å². The third-order valence-corrected chi connectivity index (χ3v) is 17.6. The van der Waals surface area contributed by atoms with Gasteiger partial charge in [-0.25, -0.2) is 4.70 Å². The molecule has 2 nitrogen and oxygen atoms in total. The summed E-state index contributed by atoms with van der Waals surface area (Å²) in [5, 5.41) is 0. The van der Waals surface area contributed by atoms with Crippen molar-refractivity contribution in [3.63, 3.8) is 0 Å². The number of aryl methyl sites for hydroxylation is 2. The molecule has 0 bridgehead atoms. The molecule has 3 heteroatoms. The predicted octanol–water partition coefficient (Wildman–Crippen LogP) is 28.8. The predicted molar refractivity (Wildman–Crippen MR) is 372 cm³/mol. The van der Waals surface area contributed by atoms with E-state index < -0.39 is 0 Å². The Bertz CT molecular complexity index is 1620. The van der Waals surface area contributed by atoms with E-state index in [-0.39, 0.29) is 16.5 Å². The summed E-state index contributed by atoms with van der Waals surface area (Å²) in [6, 6.07) is 17.4. The molecule has 0 unspecified atom stereocenters. The smallest absolute Gasteiger partial charge is 0.493 e. The zero-order chi connectivity index (χ0) is 59.3. The molecule has 0 aromatic heterocycles. The Kier molecular flexibility index (Phi) is 62.9. The van der Waals surface area contributed by atoms with Gasteiger partial charge in [0.2, 0.25) is 11.4 Å². The maximum Gasteiger partial charge on any atom is 2.00 e. The van der Waals surface area contributed by atoms with Gasteiger partial charge >= 0.3 is 16.5 Å². The van der Waals surface area contributed by atoms with Crippen LogP contribution in [0.1, 0.15) is 410 Å². The molecule has 3 rings (SSSR count). The Morgan fingerprint density at radius 2 is 0.542 bits per heavy atom. The van der Waals surface area contributed by atoms with Crippen molar-refractivity contribution in [2.24, 2.45) is 0 Å². The molecule has 0 saturated carbocycles. The Morgan fingerprint density at radius 1 is 0.301 bits per heavy atom. The fourth-order valence-electron chi connectivity index (χ4n) is 12.1. The molecule has 83 heavy (non-hydrogen) atoms. The molecule has 1 aliphatic heterocycles. The van der Waals surface area contributed by atoms with Gasteiger partial charge < -0.3 is 19.4 Å². The minimum Gasteiger partial charge on any atom is -0.493 e. The van der Waals surface area contributed by atoms with E-state index in [9.17, 15) is 5.53 Å². The molecule has 0 saturated heterocycles. The zero-order valence-electron chi connectivity index (χ0n) is 56.6. The van der Waals surface area contributed by atoms with E-state index in [0.29, 0.717) is 0 Å². The van der Waals surface area contributed by atoms with E-state index in [1.54, 1.807) is 0 Å². The van der Waals surface area contributed by atoms with Crippen LogP contribution in [0.25, 0.3) is 16.9 Å². The van der Waals surface area contributed by atoms with Crippen LogP contribution in [0.15, 0.2) is 60.2 Å². The summed E-state index contributed by atoms with van der Waals surface area (Å²) in [5.41, 5.74) is 19.3. The Labute approximate surface area is 531 Å². The van der Waals surface area contributed by atoms with E-state index in [1.165, 1.54) is 342 Å². The number of allylic oxidation sites excluding steroid dienone is 2. The summed E-state index contributed by atoms with van der Waals surface area (Å²) in [4.78, 5) is 0. The molecule has 2 aromatic carbocycles. The molecule has 0 spiro atoms. The standard InChI is InChI=1S/C28H36N2.2C26H53.Ni/c1-4-7-12-22-14-10-17-24(19-22)27-21-26(16-9-6-3)28(30(27)29)25-18-11-15-23(20-25)13-8-5-2;2*1-3-5-7-9-11-13-15-17-19-21-23-25-26-24-22-20-18-16-14-12-10-8-6-4-2;/h10-11,14-15,17-21H,4-9,12-13,16H2,1-3H3;2*1,3-26H2,2H3;/q;2*-1;+2. The van der Waals surface area contributed by atoms with Crippen LogP contribution in [0.3, 0.4) is 0 Å². The van der Waals surface area contributed by atoms with Gasteiger partial charge in [-0.05, 0) is 73.9 Å². The summed E-state index contributed by atoms with van der Waals surface area (Å²) >= 11 is 0. The summed E-state index contributed by atoms with van der Waals surface area (Å²) in [7, 11) is 0. The van der Waals surface area contributed by atoms with Gasteiger partial charge in [-0.15, -0.1) is 0 Å². The number of nitrogens with zero attached hydrogens (tertiary/aromatic N) is 2. The Balaban J connectivity index is 0.00000121. The zero-order valence-corrected chi connectivity index (χ0v) is 57.6. The van der Waals surface area contributed by atoms with Gasteiger partial charge in [0, 0.05) is 22.8 Å². The maximum atomic E-state index is 11.3. The molecule has 0 amide bonds. The number of benzene rings is 2. The van der Waals surface area contributed by atoms with Crippen molar-refractivity contribution < 1.29 is 21.2 Å². The minimum absolute atomic E-state index is 0. The molecule has 0 radical (unpaired) electrons. The van der Waals surface area contributed by atoms with Crippen LogP contribution in [0.2, 0.25) is 0 Å². The molecular weight excluding hydrogens is 1050 g/mol. The van der Waals surface area contributed by atoms with Crippen molar-refractivity contribution in [1.82, 2.24) is 0 Å². The monoisotopic (exact) mass is 1190 g/mol. The van der Waals surface area contributed by atoms with Gasteiger partial charge in [0.1, 0.15) is 0 Å². The summed E-state index contributed by atoms with van der Waals surface area (Å²) in [6.07, 6.45) is 82.0. The van der Waals surface area contributed by atoms with E-state index >= 15 is 0 Å². The molecule has 2 aromatic rings. The third-order valence-electron chi connectivity index (χ3n) is 17.6. The van der Waals surface area contributed by atoms with Crippen LogP contribution in [0.5, 0.6) is 0 Å². The molecule has 1 aliphatic rings. The summed E-state index contributed by atoms with van der Waals surface area (Å²) < 4.78 is 1.43. The minimum atomic E-state index is 0. The van der Waals surface area contributed by atoms with Crippen LogP contribution in [0.4, 0.5) is 0 Å². The van der Waals surface area contributed by atoms with Gasteiger partial charge in [-0.3, -0.25) is 0 Å². The van der Waals surface area contributed by atoms with Gasteiger partial charge in [-0.2, -0.15) is 12.8 Å². The van der Waals surface area contributed by atoms with Crippen LogP contribution in [0, 0.1) is 13.8 Å². The van der Waals surface area contributed by atoms with E-state index in [1.807, 2.05) is 0 Å². The van der Waals surface area contributed by atoms with Crippen LogP contribution >= 0.6 is 0 Å². The molecular formula is C80H142N2Ni. The van der Waals surface area contributed by atoms with Gasteiger partial charge in [0.15, 0.2) is 0 Å². The first kappa shape index (κ1) is 81.0. The second-order valence-electron chi connectivity index (χ2n) is 25.7. The van der Waals surface area contributed by atoms with Crippen molar-refractivity contribution in [3.05, 3.63) is 102 Å². The van der Waals surface area contributed by atoms with E-state index in [0.717, 1.165) is 67.5 Å². The van der Waals surface area contributed by atoms with Gasteiger partial charge in [0.25, 0.3) is 0 Å². The number of hydrogen-bond acceptors (Lipinski definition) is 0. The van der Waals surface area contributed by atoms with Crippen molar-refractivity contribution >= 4 is 11.4 Å². The average Bonchev–Trinajstić information content (AvgIpc) is 2.97. The number of rotatable bonds is 57.